The van der Waals surface area contributed by atoms with Crippen LogP contribution in [0.5, 0.6) is 5.75 Å². The first-order valence-corrected chi connectivity index (χ1v) is 5.50. The second kappa shape index (κ2) is 6.53. The second-order valence-corrected chi connectivity index (χ2v) is 4.08. The van der Waals surface area contributed by atoms with E-state index in [-0.39, 0.29) is 23.4 Å². The molecule has 1 rings (SSSR count). The van der Waals surface area contributed by atoms with E-state index in [2.05, 4.69) is 0 Å². The van der Waals surface area contributed by atoms with Crippen molar-refractivity contribution in [2.45, 2.75) is 6.54 Å². The average molecular weight is 283 g/mol. The maximum atomic E-state index is 10.8. The first-order valence-electron chi connectivity index (χ1n) is 5.50. The molecule has 0 aliphatic rings. The molecule has 0 aliphatic carbocycles. The van der Waals surface area contributed by atoms with Crippen LogP contribution in [0.2, 0.25) is 0 Å². The van der Waals surface area contributed by atoms with Crippen LogP contribution in [0.1, 0.15) is 15.9 Å². The summed E-state index contributed by atoms with van der Waals surface area (Å²) in [5, 5.41) is 35.9. The Balaban J connectivity index is 2.96. The van der Waals surface area contributed by atoms with Crippen molar-refractivity contribution < 1.29 is 34.8 Å². The lowest BCUT2D eigenvalue weighted by Crippen LogP contribution is -2.34. The van der Waals surface area contributed by atoms with Gasteiger partial charge in [-0.15, -0.1) is 0 Å². The topological polar surface area (TPSA) is 135 Å². The van der Waals surface area contributed by atoms with Crippen LogP contribution in [0.4, 0.5) is 0 Å². The molecule has 0 aliphatic heterocycles. The number of aromatic hydroxyl groups is 1. The first-order chi connectivity index (χ1) is 9.29. The summed E-state index contributed by atoms with van der Waals surface area (Å²) < 4.78 is 0. The zero-order chi connectivity index (χ0) is 15.3. The molecule has 1 aromatic rings. The monoisotopic (exact) mass is 283 g/mol. The van der Waals surface area contributed by atoms with Crippen molar-refractivity contribution in [2.75, 3.05) is 13.1 Å². The number of hydrogen-bond donors (Lipinski definition) is 4. The number of aromatic carboxylic acids is 1. The summed E-state index contributed by atoms with van der Waals surface area (Å²) in [6, 6.07) is 3.53. The van der Waals surface area contributed by atoms with Crippen molar-refractivity contribution in [1.82, 2.24) is 4.90 Å². The molecule has 0 fully saturated rings. The minimum atomic E-state index is -1.22. The van der Waals surface area contributed by atoms with Gasteiger partial charge in [0.1, 0.15) is 5.75 Å². The maximum absolute atomic E-state index is 10.8. The van der Waals surface area contributed by atoms with Crippen molar-refractivity contribution >= 4 is 17.9 Å². The van der Waals surface area contributed by atoms with Gasteiger partial charge in [-0.2, -0.15) is 0 Å². The number of benzene rings is 1. The predicted molar refractivity (Wildman–Crippen MR) is 65.6 cm³/mol. The molecule has 0 amide bonds. The number of carboxylic acid groups (broad SMARTS) is 3. The van der Waals surface area contributed by atoms with Crippen LogP contribution >= 0.6 is 0 Å². The van der Waals surface area contributed by atoms with Crippen molar-refractivity contribution in [3.05, 3.63) is 29.3 Å². The van der Waals surface area contributed by atoms with Crippen LogP contribution in [-0.2, 0) is 16.1 Å². The third-order valence-corrected chi connectivity index (χ3v) is 2.44. The SMILES string of the molecule is O=C(O)CN(CC(=O)O)Cc1cc(C(=O)O)ccc1O. The number of hydrogen-bond acceptors (Lipinski definition) is 5. The van der Waals surface area contributed by atoms with Crippen molar-refractivity contribution in [3.8, 4) is 5.75 Å². The van der Waals surface area contributed by atoms with Gasteiger partial charge in [0.05, 0.1) is 18.7 Å². The Morgan fingerprint density at radius 1 is 1.00 bits per heavy atom. The minimum Gasteiger partial charge on any atom is -0.508 e. The van der Waals surface area contributed by atoms with Gasteiger partial charge in [-0.25, -0.2) is 4.79 Å². The van der Waals surface area contributed by atoms with Crippen molar-refractivity contribution in [2.24, 2.45) is 0 Å². The number of phenols is 1. The van der Waals surface area contributed by atoms with E-state index in [1.54, 1.807) is 0 Å². The molecule has 0 saturated heterocycles. The highest BCUT2D eigenvalue weighted by Gasteiger charge is 2.16. The molecule has 0 spiro atoms. The average Bonchev–Trinajstić information content (AvgIpc) is 2.29. The lowest BCUT2D eigenvalue weighted by molar-refractivity contribution is -0.142. The van der Waals surface area contributed by atoms with E-state index < -0.39 is 31.0 Å². The molecule has 0 atom stereocenters. The van der Waals surface area contributed by atoms with Gasteiger partial charge in [0.15, 0.2) is 0 Å². The van der Waals surface area contributed by atoms with E-state index in [1.165, 1.54) is 18.2 Å². The Labute approximate surface area is 113 Å². The molecule has 0 bridgehead atoms. The van der Waals surface area contributed by atoms with Crippen LogP contribution in [-0.4, -0.2) is 56.3 Å². The normalized spacial score (nSPS) is 10.4. The fraction of sp³-hybridized carbons (Fsp3) is 0.250. The number of phenolic OH excluding ortho intramolecular Hbond substituents is 1. The molecule has 0 heterocycles. The van der Waals surface area contributed by atoms with Gasteiger partial charge in [0.25, 0.3) is 0 Å². The number of carboxylic acids is 3. The largest absolute Gasteiger partial charge is 0.508 e. The number of carbonyl (C=O) groups is 3. The second-order valence-electron chi connectivity index (χ2n) is 4.08. The Morgan fingerprint density at radius 3 is 2.00 bits per heavy atom. The van der Waals surface area contributed by atoms with Crippen LogP contribution in [0.15, 0.2) is 18.2 Å². The standard InChI is InChI=1S/C12H13NO7/c14-9-2-1-7(12(19)20)3-8(9)4-13(5-10(15)16)6-11(17)18/h1-3,14H,4-6H2,(H,15,16)(H,17,18)(H,19,20). The van der Waals surface area contributed by atoms with Gasteiger partial charge in [0, 0.05) is 12.1 Å². The highest BCUT2D eigenvalue weighted by molar-refractivity contribution is 5.88. The summed E-state index contributed by atoms with van der Waals surface area (Å²) in [6.45, 7) is -1.27. The molecule has 8 heteroatoms. The van der Waals surface area contributed by atoms with Gasteiger partial charge >= 0.3 is 17.9 Å². The summed E-state index contributed by atoms with van der Waals surface area (Å²) in [5.74, 6) is -3.87. The molecule has 0 saturated carbocycles. The van der Waals surface area contributed by atoms with Crippen LogP contribution in [0, 0.1) is 0 Å². The molecule has 8 nitrogen and oxygen atoms in total. The zero-order valence-corrected chi connectivity index (χ0v) is 10.3. The third kappa shape index (κ3) is 4.58. The van der Waals surface area contributed by atoms with E-state index in [1.807, 2.05) is 0 Å². The molecule has 1 aromatic carbocycles. The minimum absolute atomic E-state index is 0.0802. The summed E-state index contributed by atoms with van der Waals surface area (Å²) in [4.78, 5) is 33.2. The van der Waals surface area contributed by atoms with Gasteiger partial charge in [-0.05, 0) is 18.2 Å². The molecule has 0 unspecified atom stereocenters. The van der Waals surface area contributed by atoms with E-state index in [0.717, 1.165) is 4.90 Å². The fourth-order valence-corrected chi connectivity index (χ4v) is 1.64. The van der Waals surface area contributed by atoms with E-state index in [4.69, 9.17) is 15.3 Å². The zero-order valence-electron chi connectivity index (χ0n) is 10.3. The van der Waals surface area contributed by atoms with Crippen LogP contribution in [0.3, 0.4) is 0 Å². The van der Waals surface area contributed by atoms with E-state index in [9.17, 15) is 19.5 Å². The molecule has 0 radical (unpaired) electrons. The summed E-state index contributed by atoms with van der Waals surface area (Å²) in [6.07, 6.45) is 0. The number of nitrogens with zero attached hydrogens (tertiary/aromatic N) is 1. The predicted octanol–water partition coefficient (Wildman–Crippen LogP) is 0.0616. The highest BCUT2D eigenvalue weighted by atomic mass is 16.4. The van der Waals surface area contributed by atoms with Gasteiger partial charge in [0.2, 0.25) is 0 Å². The molecule has 20 heavy (non-hydrogen) atoms. The molecule has 108 valence electrons. The summed E-state index contributed by atoms with van der Waals surface area (Å²) >= 11 is 0. The molecular weight excluding hydrogens is 270 g/mol. The van der Waals surface area contributed by atoms with Crippen LogP contribution < -0.4 is 0 Å². The summed E-state index contributed by atoms with van der Waals surface area (Å²) in [7, 11) is 0. The van der Waals surface area contributed by atoms with E-state index >= 15 is 0 Å². The lowest BCUT2D eigenvalue weighted by atomic mass is 10.1. The van der Waals surface area contributed by atoms with Gasteiger partial charge in [-0.1, -0.05) is 0 Å². The van der Waals surface area contributed by atoms with Gasteiger partial charge in [-0.3, -0.25) is 14.5 Å². The first kappa shape index (κ1) is 15.4. The Morgan fingerprint density at radius 2 is 1.55 bits per heavy atom. The maximum Gasteiger partial charge on any atom is 0.335 e. The quantitative estimate of drug-likeness (QED) is 0.551. The van der Waals surface area contributed by atoms with Crippen molar-refractivity contribution in [3.63, 3.8) is 0 Å². The lowest BCUT2D eigenvalue weighted by Gasteiger charge is -2.18. The molecular formula is C12H13NO7. The Kier molecular flexibility index (Phi) is 5.04. The van der Waals surface area contributed by atoms with Crippen molar-refractivity contribution in [1.29, 1.82) is 0 Å². The fourth-order valence-electron chi connectivity index (χ4n) is 1.64. The third-order valence-electron chi connectivity index (χ3n) is 2.44. The highest BCUT2D eigenvalue weighted by Crippen LogP contribution is 2.20. The van der Waals surface area contributed by atoms with Crippen LogP contribution in [0.25, 0.3) is 0 Å². The Bertz CT molecular complexity index is 525. The number of rotatable bonds is 7. The smallest absolute Gasteiger partial charge is 0.335 e. The Hall–Kier alpha value is -2.61. The number of aliphatic carboxylic acids is 2. The summed E-state index contributed by atoms with van der Waals surface area (Å²) in [5.41, 5.74) is 0.0656. The van der Waals surface area contributed by atoms with E-state index in [0.29, 0.717) is 0 Å². The molecule has 4 N–H and O–H groups in total. The van der Waals surface area contributed by atoms with Gasteiger partial charge < -0.3 is 20.4 Å². The molecule has 0 aromatic heterocycles.